The van der Waals surface area contributed by atoms with Gasteiger partial charge in [-0.2, -0.15) is 13.2 Å². The minimum Gasteiger partial charge on any atom is -0.342 e. The van der Waals surface area contributed by atoms with Crippen LogP contribution in [0.5, 0.6) is 0 Å². The first-order valence-electron chi connectivity index (χ1n) is 8.96. The number of alkyl halides is 3. The highest BCUT2D eigenvalue weighted by molar-refractivity contribution is 7.96. The lowest BCUT2D eigenvalue weighted by Crippen LogP contribution is -2.38. The molecule has 0 fully saturated rings. The Kier molecular flexibility index (Phi) is 6.50. The molecule has 0 bridgehead atoms. The zero-order chi connectivity index (χ0) is 23.7. The number of sulfone groups is 2. The summed E-state index contributed by atoms with van der Waals surface area (Å²) in [6.45, 7) is 1.33. The second kappa shape index (κ2) is 8.68. The molecule has 1 N–H and O–H groups in total. The minimum atomic E-state index is -5.03. The molecule has 1 atom stereocenters. The molecule has 0 radical (unpaired) electrons. The molecular weight excluding hydrogens is 487 g/mol. The number of rotatable bonds is 6. The van der Waals surface area contributed by atoms with Crippen LogP contribution in [0.2, 0.25) is 0 Å². The maximum Gasteiger partial charge on any atom is 0.471 e. The fraction of sp³-hybridized carbons (Fsp3) is 0.150. The summed E-state index contributed by atoms with van der Waals surface area (Å²) in [6.07, 6.45) is -5.03. The molecule has 1 heterocycles. The van der Waals surface area contributed by atoms with E-state index in [9.17, 15) is 34.8 Å². The van der Waals surface area contributed by atoms with Crippen molar-refractivity contribution >= 4 is 36.9 Å². The van der Waals surface area contributed by atoms with Crippen LogP contribution < -0.4 is 5.32 Å². The molecule has 6 nitrogen and oxygen atoms in total. The molecule has 0 saturated heterocycles. The molecule has 1 aromatic heterocycles. The van der Waals surface area contributed by atoms with E-state index in [0.717, 1.165) is 0 Å². The normalized spacial score (nSPS) is 13.5. The lowest BCUT2D eigenvalue weighted by Gasteiger charge is -2.16. The largest absolute Gasteiger partial charge is 0.471 e. The minimum absolute atomic E-state index is 0.0324. The van der Waals surface area contributed by atoms with Gasteiger partial charge in [-0.1, -0.05) is 30.3 Å². The summed E-state index contributed by atoms with van der Waals surface area (Å²) in [4.78, 5) is 10.9. The standard InChI is InChI=1S/C20H16F3NO5S3/c1-13(24-19(25)20(21,22)23)14-7-9-16(10-8-14)32(28,29)18-12-11-17(30-18)31(26,27)15-5-3-2-4-6-15/h2-13H,1H3,(H,24,25)/t13-/m0/s1. The molecule has 2 aromatic carbocycles. The number of halogens is 3. The van der Waals surface area contributed by atoms with Gasteiger partial charge in [-0.3, -0.25) is 4.79 Å². The first kappa shape index (κ1) is 24.0. The van der Waals surface area contributed by atoms with Gasteiger partial charge in [0, 0.05) is 0 Å². The van der Waals surface area contributed by atoms with Crippen LogP contribution in [-0.4, -0.2) is 28.9 Å². The summed E-state index contributed by atoms with van der Waals surface area (Å²) in [5.74, 6) is -2.10. The fourth-order valence-electron chi connectivity index (χ4n) is 2.72. The number of hydrogen-bond acceptors (Lipinski definition) is 6. The zero-order valence-corrected chi connectivity index (χ0v) is 18.8. The molecule has 0 aliphatic heterocycles. The van der Waals surface area contributed by atoms with Crippen LogP contribution in [0.1, 0.15) is 18.5 Å². The van der Waals surface area contributed by atoms with Gasteiger partial charge in [0.1, 0.15) is 8.42 Å². The smallest absolute Gasteiger partial charge is 0.342 e. The molecule has 170 valence electrons. The van der Waals surface area contributed by atoms with Crippen molar-refractivity contribution in [1.82, 2.24) is 5.32 Å². The van der Waals surface area contributed by atoms with Crippen LogP contribution in [0.15, 0.2) is 84.9 Å². The van der Waals surface area contributed by atoms with Crippen molar-refractivity contribution < 1.29 is 34.8 Å². The molecule has 32 heavy (non-hydrogen) atoms. The quantitative estimate of drug-likeness (QED) is 0.545. The Balaban J connectivity index is 1.84. The number of nitrogens with one attached hydrogen (secondary N) is 1. The summed E-state index contributed by atoms with van der Waals surface area (Å²) in [5.41, 5.74) is 0.264. The lowest BCUT2D eigenvalue weighted by molar-refractivity contribution is -0.174. The van der Waals surface area contributed by atoms with E-state index in [-0.39, 0.29) is 23.8 Å². The average Bonchev–Trinajstić information content (AvgIpc) is 3.26. The van der Waals surface area contributed by atoms with E-state index in [2.05, 4.69) is 0 Å². The van der Waals surface area contributed by atoms with E-state index in [1.165, 1.54) is 55.5 Å². The first-order valence-corrected chi connectivity index (χ1v) is 12.7. The van der Waals surface area contributed by atoms with Gasteiger partial charge in [0.15, 0.2) is 0 Å². The fourth-order valence-corrected chi connectivity index (χ4v) is 7.31. The summed E-state index contributed by atoms with van der Waals surface area (Å²) in [6, 6.07) is 13.9. The van der Waals surface area contributed by atoms with Crippen molar-refractivity contribution in [3.05, 3.63) is 72.3 Å². The van der Waals surface area contributed by atoms with E-state index < -0.39 is 37.8 Å². The van der Waals surface area contributed by atoms with Gasteiger partial charge in [0.05, 0.1) is 15.8 Å². The molecule has 0 unspecified atom stereocenters. The van der Waals surface area contributed by atoms with E-state index in [4.69, 9.17) is 0 Å². The maximum absolute atomic E-state index is 12.9. The SMILES string of the molecule is C[C@H](NC(=O)C(F)(F)F)c1ccc(S(=O)(=O)c2ccc(S(=O)(=O)c3ccccc3)s2)cc1. The molecule has 0 spiro atoms. The van der Waals surface area contributed by atoms with Gasteiger partial charge in [0.2, 0.25) is 19.7 Å². The topological polar surface area (TPSA) is 97.4 Å². The van der Waals surface area contributed by atoms with Crippen molar-refractivity contribution in [3.63, 3.8) is 0 Å². The molecule has 1 amide bonds. The highest BCUT2D eigenvalue weighted by Gasteiger charge is 2.39. The second-order valence-electron chi connectivity index (χ2n) is 6.66. The van der Waals surface area contributed by atoms with Gasteiger partial charge in [-0.05, 0) is 48.9 Å². The van der Waals surface area contributed by atoms with Crippen molar-refractivity contribution in [3.8, 4) is 0 Å². The third-order valence-electron chi connectivity index (χ3n) is 4.44. The zero-order valence-electron chi connectivity index (χ0n) is 16.3. The molecule has 0 saturated carbocycles. The molecule has 0 aliphatic carbocycles. The van der Waals surface area contributed by atoms with Crippen LogP contribution in [-0.2, 0) is 24.5 Å². The lowest BCUT2D eigenvalue weighted by atomic mass is 10.1. The summed E-state index contributed by atoms with van der Waals surface area (Å²) < 4.78 is 88.0. The number of carbonyl (C=O) groups excluding carboxylic acids is 1. The van der Waals surface area contributed by atoms with Gasteiger partial charge in [-0.15, -0.1) is 11.3 Å². The highest BCUT2D eigenvalue weighted by Crippen LogP contribution is 2.33. The van der Waals surface area contributed by atoms with Crippen LogP contribution >= 0.6 is 11.3 Å². The highest BCUT2D eigenvalue weighted by atomic mass is 32.3. The summed E-state index contributed by atoms with van der Waals surface area (Å²) in [5, 5.41) is 1.78. The number of hydrogen-bond donors (Lipinski definition) is 1. The Hall–Kier alpha value is -2.70. The molecule has 3 aromatic rings. The Morgan fingerprint density at radius 2 is 1.28 bits per heavy atom. The van der Waals surface area contributed by atoms with Gasteiger partial charge in [0.25, 0.3) is 0 Å². The third-order valence-corrected chi connectivity index (χ3v) is 10.0. The number of thiophene rings is 1. The number of amides is 1. The van der Waals surface area contributed by atoms with Crippen LogP contribution in [0.3, 0.4) is 0 Å². The summed E-state index contributed by atoms with van der Waals surface area (Å²) in [7, 11) is -7.94. The molecule has 3 rings (SSSR count). The van der Waals surface area contributed by atoms with E-state index in [1.54, 1.807) is 23.5 Å². The maximum atomic E-state index is 12.9. The molecular formula is C20H16F3NO5S3. The molecule has 12 heteroatoms. The Morgan fingerprint density at radius 3 is 1.75 bits per heavy atom. The van der Waals surface area contributed by atoms with Gasteiger partial charge in [-0.25, -0.2) is 16.8 Å². The third kappa shape index (κ3) is 4.87. The van der Waals surface area contributed by atoms with Crippen molar-refractivity contribution in [1.29, 1.82) is 0 Å². The second-order valence-corrected chi connectivity index (χ2v) is 12.1. The van der Waals surface area contributed by atoms with E-state index in [1.807, 2.05) is 0 Å². The first-order chi connectivity index (χ1) is 14.8. The van der Waals surface area contributed by atoms with Crippen LogP contribution in [0.25, 0.3) is 0 Å². The van der Waals surface area contributed by atoms with E-state index in [0.29, 0.717) is 11.3 Å². The van der Waals surface area contributed by atoms with Crippen molar-refractivity contribution in [2.75, 3.05) is 0 Å². The summed E-state index contributed by atoms with van der Waals surface area (Å²) >= 11 is 0.600. The number of carbonyl (C=O) groups is 1. The monoisotopic (exact) mass is 503 g/mol. The average molecular weight is 504 g/mol. The predicted octanol–water partition coefficient (Wildman–Crippen LogP) is 4.15. The van der Waals surface area contributed by atoms with Crippen molar-refractivity contribution in [2.24, 2.45) is 0 Å². The Morgan fingerprint density at radius 1 is 0.812 bits per heavy atom. The molecule has 0 aliphatic rings. The van der Waals surface area contributed by atoms with Crippen LogP contribution in [0, 0.1) is 0 Å². The van der Waals surface area contributed by atoms with E-state index >= 15 is 0 Å². The number of benzene rings is 2. The Bertz CT molecular complexity index is 1330. The van der Waals surface area contributed by atoms with Crippen molar-refractivity contribution in [2.45, 2.75) is 37.4 Å². The van der Waals surface area contributed by atoms with Crippen LogP contribution in [0.4, 0.5) is 13.2 Å². The van der Waals surface area contributed by atoms with Gasteiger partial charge < -0.3 is 5.32 Å². The predicted molar refractivity (Wildman–Crippen MR) is 111 cm³/mol. The Labute approximate surface area is 186 Å². The van der Waals surface area contributed by atoms with Gasteiger partial charge >= 0.3 is 12.1 Å².